The van der Waals surface area contributed by atoms with E-state index in [9.17, 15) is 4.39 Å². The van der Waals surface area contributed by atoms with Gasteiger partial charge >= 0.3 is 0 Å². The number of nitrogens with zero attached hydrogens (tertiary/aromatic N) is 1. The molecule has 1 unspecified atom stereocenters. The van der Waals surface area contributed by atoms with Crippen LogP contribution in [0.15, 0.2) is 72.8 Å². The van der Waals surface area contributed by atoms with Crippen molar-refractivity contribution in [3.63, 3.8) is 0 Å². The highest BCUT2D eigenvalue weighted by Crippen LogP contribution is 2.27. The van der Waals surface area contributed by atoms with Gasteiger partial charge in [0.05, 0.1) is 0 Å². The molecule has 1 aliphatic heterocycles. The normalized spacial score (nSPS) is 16.1. The zero-order valence-electron chi connectivity index (χ0n) is 19.4. The Morgan fingerprint density at radius 3 is 2.67 bits per heavy atom. The van der Waals surface area contributed by atoms with Gasteiger partial charge in [0, 0.05) is 42.6 Å². The van der Waals surface area contributed by atoms with E-state index in [0.29, 0.717) is 11.8 Å². The van der Waals surface area contributed by atoms with E-state index in [2.05, 4.69) is 47.6 Å². The number of piperazine rings is 1. The number of anilines is 2. The van der Waals surface area contributed by atoms with Crippen LogP contribution < -0.4 is 10.6 Å². The molecule has 1 aliphatic rings. The quantitative estimate of drug-likeness (QED) is 0.313. The number of hydrogen-bond acceptors (Lipinski definition) is 3. The van der Waals surface area contributed by atoms with Gasteiger partial charge in [-0.2, -0.15) is 0 Å². The Morgan fingerprint density at radius 2 is 1.91 bits per heavy atom. The summed E-state index contributed by atoms with van der Waals surface area (Å²) in [4.78, 5) is 2.17. The molecule has 3 aromatic carbocycles. The van der Waals surface area contributed by atoms with Gasteiger partial charge in [0.15, 0.2) is 0 Å². The fraction of sp³-hybridized carbons (Fsp3) is 0.321. The average Bonchev–Trinajstić information content (AvgIpc) is 2.83. The van der Waals surface area contributed by atoms with Gasteiger partial charge in [0.2, 0.25) is 0 Å². The van der Waals surface area contributed by atoms with Crippen LogP contribution in [0.2, 0.25) is 0 Å². The Morgan fingerprint density at radius 1 is 1.09 bits per heavy atom. The molecule has 3 N–H and O–H groups in total. The Kier molecular flexibility index (Phi) is 7.40. The summed E-state index contributed by atoms with van der Waals surface area (Å²) in [5.74, 6) is 0.758. The molecule has 172 valence electrons. The lowest BCUT2D eigenvalue weighted by atomic mass is 9.98. The van der Waals surface area contributed by atoms with E-state index >= 15 is 0 Å². The van der Waals surface area contributed by atoms with Crippen molar-refractivity contribution in [1.82, 2.24) is 10.2 Å². The number of nitrogens with one attached hydrogen (secondary N) is 3. The number of rotatable bonds is 7. The average molecular weight is 445 g/mol. The number of halogens is 1. The Bertz CT molecular complexity index is 1080. The summed E-state index contributed by atoms with van der Waals surface area (Å²) in [7, 11) is 0. The largest absolute Gasteiger partial charge is 0.355 e. The molecule has 1 heterocycles. The summed E-state index contributed by atoms with van der Waals surface area (Å²) < 4.78 is 13.5. The van der Waals surface area contributed by atoms with E-state index in [1.54, 1.807) is 12.1 Å². The second-order valence-corrected chi connectivity index (χ2v) is 9.07. The van der Waals surface area contributed by atoms with Gasteiger partial charge in [-0.1, -0.05) is 50.2 Å². The summed E-state index contributed by atoms with van der Waals surface area (Å²) in [5, 5.41) is 16.2. The summed E-state index contributed by atoms with van der Waals surface area (Å²) in [5.41, 5.74) is 5.13. The van der Waals surface area contributed by atoms with Gasteiger partial charge in [-0.15, -0.1) is 0 Å². The molecule has 5 heteroatoms. The predicted octanol–water partition coefficient (Wildman–Crippen LogP) is 5.92. The van der Waals surface area contributed by atoms with E-state index < -0.39 is 0 Å². The first kappa shape index (κ1) is 23.0. The Hall–Kier alpha value is -3.18. The highest BCUT2D eigenvalue weighted by atomic mass is 19.1. The van der Waals surface area contributed by atoms with Crippen LogP contribution in [-0.2, 0) is 6.42 Å². The van der Waals surface area contributed by atoms with Crippen molar-refractivity contribution in [2.45, 2.75) is 38.6 Å². The third kappa shape index (κ3) is 5.99. The number of hydrogen-bond donors (Lipinski definition) is 3. The molecule has 33 heavy (non-hydrogen) atoms. The first-order chi connectivity index (χ1) is 16.0. The van der Waals surface area contributed by atoms with Crippen molar-refractivity contribution in [3.05, 3.63) is 95.3 Å². The van der Waals surface area contributed by atoms with Crippen LogP contribution in [0.5, 0.6) is 0 Å². The second kappa shape index (κ2) is 10.6. The summed E-state index contributed by atoms with van der Waals surface area (Å²) in [6.45, 7) is 6.76. The predicted molar refractivity (Wildman–Crippen MR) is 135 cm³/mol. The van der Waals surface area contributed by atoms with Gasteiger partial charge in [-0.05, 0) is 66.3 Å². The molecule has 0 saturated carbocycles. The molecule has 1 atom stereocenters. The Labute approximate surface area is 196 Å². The van der Waals surface area contributed by atoms with E-state index in [1.165, 1.54) is 11.6 Å². The van der Waals surface area contributed by atoms with E-state index in [0.717, 1.165) is 55.0 Å². The highest BCUT2D eigenvalue weighted by molar-refractivity contribution is 6.02. The maximum Gasteiger partial charge on any atom is 0.130 e. The van der Waals surface area contributed by atoms with E-state index in [1.807, 2.05) is 36.4 Å². The number of benzene rings is 3. The van der Waals surface area contributed by atoms with Crippen LogP contribution in [0, 0.1) is 11.2 Å². The topological polar surface area (TPSA) is 51.2 Å². The zero-order valence-corrected chi connectivity index (χ0v) is 19.4. The van der Waals surface area contributed by atoms with Gasteiger partial charge in [0.25, 0.3) is 0 Å². The van der Waals surface area contributed by atoms with Crippen molar-refractivity contribution in [1.29, 1.82) is 5.41 Å². The molecule has 1 saturated heterocycles. The van der Waals surface area contributed by atoms with Crippen LogP contribution in [-0.4, -0.2) is 36.4 Å². The van der Waals surface area contributed by atoms with Crippen LogP contribution >= 0.6 is 0 Å². The van der Waals surface area contributed by atoms with Crippen molar-refractivity contribution >= 4 is 17.2 Å². The van der Waals surface area contributed by atoms with Crippen molar-refractivity contribution < 1.29 is 4.39 Å². The molecule has 0 aliphatic carbocycles. The van der Waals surface area contributed by atoms with Gasteiger partial charge in [0.1, 0.15) is 11.7 Å². The zero-order chi connectivity index (χ0) is 23.2. The molecule has 0 radical (unpaired) electrons. The third-order valence-corrected chi connectivity index (χ3v) is 6.26. The van der Waals surface area contributed by atoms with E-state index in [4.69, 9.17) is 5.41 Å². The summed E-state index contributed by atoms with van der Waals surface area (Å²) >= 11 is 0. The minimum atomic E-state index is -0.184. The Balaban J connectivity index is 1.50. The monoisotopic (exact) mass is 444 g/mol. The van der Waals surface area contributed by atoms with E-state index in [-0.39, 0.29) is 11.9 Å². The summed E-state index contributed by atoms with van der Waals surface area (Å²) in [6, 6.07) is 23.6. The fourth-order valence-corrected chi connectivity index (χ4v) is 4.33. The first-order valence-electron chi connectivity index (χ1n) is 11.8. The summed E-state index contributed by atoms with van der Waals surface area (Å²) in [6.07, 6.45) is 1.73. The maximum absolute atomic E-state index is 13.5. The van der Waals surface area contributed by atoms with Crippen molar-refractivity contribution in [2.24, 2.45) is 0 Å². The van der Waals surface area contributed by atoms with Crippen LogP contribution in [0.1, 0.15) is 42.9 Å². The standard InChI is InChI=1S/C28H33FN4/c1-20(2)22-12-14-27(32-24-9-4-3-5-10-24)26(18-22)28(30)33-16-15-31-25(19-33)13-11-21-7-6-8-23(29)17-21/h3-10,12,14,17-18,20,25,30-32H,11,13,15-16,19H2,1-2H3. The number of amidine groups is 1. The molecule has 0 spiro atoms. The number of aryl methyl sites for hydroxylation is 1. The second-order valence-electron chi connectivity index (χ2n) is 9.07. The lowest BCUT2D eigenvalue weighted by molar-refractivity contribution is 0.281. The molecule has 1 fully saturated rings. The smallest absolute Gasteiger partial charge is 0.130 e. The van der Waals surface area contributed by atoms with Crippen LogP contribution in [0.25, 0.3) is 0 Å². The molecular formula is C28H33FN4. The molecule has 0 amide bonds. The number of para-hydroxylation sites is 1. The minimum Gasteiger partial charge on any atom is -0.355 e. The van der Waals surface area contributed by atoms with Gasteiger partial charge in [-0.25, -0.2) is 4.39 Å². The van der Waals surface area contributed by atoms with Gasteiger partial charge < -0.3 is 15.5 Å². The maximum atomic E-state index is 13.5. The molecule has 4 rings (SSSR count). The lowest BCUT2D eigenvalue weighted by Gasteiger charge is -2.36. The molecule has 4 nitrogen and oxygen atoms in total. The van der Waals surface area contributed by atoms with Crippen molar-refractivity contribution in [2.75, 3.05) is 25.0 Å². The lowest BCUT2D eigenvalue weighted by Crippen LogP contribution is -2.52. The van der Waals surface area contributed by atoms with Crippen molar-refractivity contribution in [3.8, 4) is 0 Å². The third-order valence-electron chi connectivity index (χ3n) is 6.26. The molecule has 3 aromatic rings. The fourth-order valence-electron chi connectivity index (χ4n) is 4.33. The van der Waals surface area contributed by atoms with Crippen LogP contribution in [0.4, 0.5) is 15.8 Å². The van der Waals surface area contributed by atoms with Crippen LogP contribution in [0.3, 0.4) is 0 Å². The first-order valence-corrected chi connectivity index (χ1v) is 11.8. The SMILES string of the molecule is CC(C)c1ccc(Nc2ccccc2)c(C(=N)N2CCNC(CCc3cccc(F)c3)C2)c1. The molecule has 0 aromatic heterocycles. The molecule has 0 bridgehead atoms. The minimum absolute atomic E-state index is 0.184. The highest BCUT2D eigenvalue weighted by Gasteiger charge is 2.24. The van der Waals surface area contributed by atoms with Gasteiger partial charge in [-0.3, -0.25) is 5.41 Å². The molecular weight excluding hydrogens is 411 g/mol.